The number of ether oxygens (including phenoxy) is 1. The van der Waals surface area contributed by atoms with E-state index in [1.54, 1.807) is 23.1 Å². The first-order chi connectivity index (χ1) is 18.6. The fraction of sp³-hybridized carbons (Fsp3) is 0.250. The molecule has 0 radical (unpaired) electrons. The summed E-state index contributed by atoms with van der Waals surface area (Å²) in [6, 6.07) is 23.1. The number of anilines is 2. The minimum absolute atomic E-state index is 0.275. The highest BCUT2D eigenvalue weighted by Crippen LogP contribution is 2.23. The Morgan fingerprint density at radius 2 is 1.77 bits per heavy atom. The van der Waals surface area contributed by atoms with Crippen molar-refractivity contribution in [3.8, 4) is 0 Å². The van der Waals surface area contributed by atoms with E-state index in [0.29, 0.717) is 30.9 Å². The number of nitrogens with two attached hydrogens (primary N) is 1. The molecule has 4 rings (SSSR count). The lowest BCUT2D eigenvalue weighted by Gasteiger charge is -2.27. The van der Waals surface area contributed by atoms with Gasteiger partial charge in [0.25, 0.3) is 0 Å². The predicted molar refractivity (Wildman–Crippen MR) is 158 cm³/mol. The lowest BCUT2D eigenvalue weighted by Crippen LogP contribution is -2.37. The number of aryl methyl sites for hydroxylation is 1. The summed E-state index contributed by atoms with van der Waals surface area (Å²) in [4.78, 5) is 30.8. The molecule has 0 aliphatic heterocycles. The normalized spacial score (nSPS) is 11.6. The molecule has 0 bridgehead atoms. The van der Waals surface area contributed by atoms with E-state index in [9.17, 15) is 9.59 Å². The number of aromatic amines is 1. The summed E-state index contributed by atoms with van der Waals surface area (Å²) in [5.41, 5.74) is 11.6. The molecular formula is C32H36N4O3. The monoisotopic (exact) mass is 524 g/mol. The van der Waals surface area contributed by atoms with Crippen LogP contribution in [-0.4, -0.2) is 34.0 Å². The topological polar surface area (TPSA) is 100 Å². The summed E-state index contributed by atoms with van der Waals surface area (Å²) in [5.74, 6) is -0.275. The molecule has 3 aromatic carbocycles. The average Bonchev–Trinajstić information content (AvgIpc) is 3.20. The van der Waals surface area contributed by atoms with Crippen molar-refractivity contribution in [1.82, 2.24) is 9.88 Å². The second-order valence-corrected chi connectivity index (χ2v) is 10.6. The van der Waals surface area contributed by atoms with Crippen molar-refractivity contribution in [2.24, 2.45) is 0 Å². The zero-order chi connectivity index (χ0) is 28.0. The van der Waals surface area contributed by atoms with E-state index in [4.69, 9.17) is 10.5 Å². The van der Waals surface area contributed by atoms with E-state index < -0.39 is 5.60 Å². The van der Waals surface area contributed by atoms with Crippen molar-refractivity contribution in [3.63, 3.8) is 0 Å². The summed E-state index contributed by atoms with van der Waals surface area (Å²) >= 11 is 0. The Kier molecular flexibility index (Phi) is 8.39. The second kappa shape index (κ2) is 11.9. The van der Waals surface area contributed by atoms with Gasteiger partial charge in [-0.1, -0.05) is 48.5 Å². The number of rotatable bonds is 8. The summed E-state index contributed by atoms with van der Waals surface area (Å²) in [7, 11) is 0. The van der Waals surface area contributed by atoms with E-state index in [2.05, 4.69) is 29.4 Å². The van der Waals surface area contributed by atoms with E-state index in [0.717, 1.165) is 22.3 Å². The maximum atomic E-state index is 13.2. The van der Waals surface area contributed by atoms with Crippen molar-refractivity contribution in [2.75, 3.05) is 17.6 Å². The van der Waals surface area contributed by atoms with Crippen molar-refractivity contribution >= 4 is 40.4 Å². The van der Waals surface area contributed by atoms with Crippen LogP contribution in [0.15, 0.2) is 78.9 Å². The van der Waals surface area contributed by atoms with Gasteiger partial charge in [0, 0.05) is 35.8 Å². The minimum Gasteiger partial charge on any atom is -0.444 e. The molecule has 0 spiro atoms. The van der Waals surface area contributed by atoms with Crippen molar-refractivity contribution in [2.45, 2.75) is 46.3 Å². The van der Waals surface area contributed by atoms with Gasteiger partial charge in [-0.2, -0.15) is 0 Å². The number of nitrogens with zero attached hydrogens (tertiary/aromatic N) is 1. The summed E-state index contributed by atoms with van der Waals surface area (Å²) in [5, 5.41) is 3.96. The SMILES string of the molecule is Cc1[nH]c2ccccc2c1CCN(Cc1cccc(/C=C/C(=O)Nc2ccccc2N)c1)C(=O)OC(C)(C)C. The molecule has 202 valence electrons. The molecule has 4 N–H and O–H groups in total. The molecule has 1 aromatic heterocycles. The van der Waals surface area contributed by atoms with Gasteiger partial charge in [-0.25, -0.2) is 4.79 Å². The number of carbonyl (C=O) groups is 2. The first-order valence-corrected chi connectivity index (χ1v) is 13.1. The Morgan fingerprint density at radius 3 is 2.54 bits per heavy atom. The van der Waals surface area contributed by atoms with Gasteiger partial charge in [-0.15, -0.1) is 0 Å². The Morgan fingerprint density at radius 1 is 1.03 bits per heavy atom. The summed E-state index contributed by atoms with van der Waals surface area (Å²) < 4.78 is 5.74. The number of carbonyl (C=O) groups excluding carboxylic acids is 2. The lowest BCUT2D eigenvalue weighted by molar-refractivity contribution is -0.111. The molecule has 7 heteroatoms. The van der Waals surface area contributed by atoms with Gasteiger partial charge in [-0.05, 0) is 81.1 Å². The van der Waals surface area contributed by atoms with Crippen LogP contribution in [0.1, 0.15) is 43.2 Å². The van der Waals surface area contributed by atoms with Crippen LogP contribution in [0.2, 0.25) is 0 Å². The van der Waals surface area contributed by atoms with E-state index >= 15 is 0 Å². The number of hydrogen-bond donors (Lipinski definition) is 3. The molecule has 2 amide bonds. The van der Waals surface area contributed by atoms with Gasteiger partial charge in [0.1, 0.15) is 5.60 Å². The van der Waals surface area contributed by atoms with Crippen LogP contribution >= 0.6 is 0 Å². The van der Waals surface area contributed by atoms with Gasteiger partial charge in [0.2, 0.25) is 5.91 Å². The van der Waals surface area contributed by atoms with Crippen LogP contribution in [0, 0.1) is 6.92 Å². The zero-order valence-electron chi connectivity index (χ0n) is 23.0. The Balaban J connectivity index is 1.48. The van der Waals surface area contributed by atoms with Gasteiger partial charge in [0.15, 0.2) is 0 Å². The molecule has 1 heterocycles. The number of para-hydroxylation sites is 3. The smallest absolute Gasteiger partial charge is 0.410 e. The summed E-state index contributed by atoms with van der Waals surface area (Å²) in [6.45, 7) is 8.54. The minimum atomic E-state index is -0.605. The molecule has 0 atom stereocenters. The molecule has 0 aliphatic rings. The Labute approximate surface area is 229 Å². The van der Waals surface area contributed by atoms with E-state index in [1.165, 1.54) is 17.0 Å². The third-order valence-electron chi connectivity index (χ3n) is 6.28. The van der Waals surface area contributed by atoms with Crippen LogP contribution in [0.3, 0.4) is 0 Å². The lowest BCUT2D eigenvalue weighted by atomic mass is 10.1. The average molecular weight is 525 g/mol. The molecule has 4 aromatic rings. The molecule has 0 saturated heterocycles. The second-order valence-electron chi connectivity index (χ2n) is 10.6. The fourth-order valence-electron chi connectivity index (χ4n) is 4.44. The van der Waals surface area contributed by atoms with Crippen LogP contribution in [0.5, 0.6) is 0 Å². The van der Waals surface area contributed by atoms with E-state index in [-0.39, 0.29) is 12.0 Å². The zero-order valence-corrected chi connectivity index (χ0v) is 23.0. The number of fused-ring (bicyclic) bond motifs is 1. The van der Waals surface area contributed by atoms with Crippen molar-refractivity contribution in [1.29, 1.82) is 0 Å². The fourth-order valence-corrected chi connectivity index (χ4v) is 4.44. The number of aromatic nitrogens is 1. The maximum Gasteiger partial charge on any atom is 0.410 e. The molecule has 7 nitrogen and oxygen atoms in total. The maximum absolute atomic E-state index is 13.2. The Hall–Kier alpha value is -4.52. The van der Waals surface area contributed by atoms with Gasteiger partial charge < -0.3 is 25.7 Å². The molecule has 39 heavy (non-hydrogen) atoms. The van der Waals surface area contributed by atoms with Crippen LogP contribution < -0.4 is 11.1 Å². The van der Waals surface area contributed by atoms with Crippen molar-refractivity contribution in [3.05, 3.63) is 101 Å². The Bertz CT molecular complexity index is 1500. The van der Waals surface area contributed by atoms with Crippen molar-refractivity contribution < 1.29 is 14.3 Å². The third kappa shape index (κ3) is 7.51. The number of benzene rings is 3. The molecule has 0 unspecified atom stereocenters. The highest BCUT2D eigenvalue weighted by molar-refractivity contribution is 6.03. The predicted octanol–water partition coefficient (Wildman–Crippen LogP) is 6.69. The standard InChI is InChI=1S/C32H36N4O3/c1-22-25(26-12-5-7-14-28(26)34-22)18-19-36(31(38)39-32(2,3)4)21-24-11-9-10-23(20-24)16-17-30(37)35-29-15-8-6-13-27(29)33/h5-17,20,34H,18-19,21,33H2,1-4H3,(H,35,37)/b17-16+. The van der Waals surface area contributed by atoms with Gasteiger partial charge in [-0.3, -0.25) is 4.79 Å². The largest absolute Gasteiger partial charge is 0.444 e. The highest BCUT2D eigenvalue weighted by atomic mass is 16.6. The van der Waals surface area contributed by atoms with E-state index in [1.807, 2.05) is 69.3 Å². The number of nitrogen functional groups attached to an aromatic ring is 1. The molecule has 0 saturated carbocycles. The summed E-state index contributed by atoms with van der Waals surface area (Å²) in [6.07, 6.45) is 3.54. The van der Waals surface area contributed by atoms with Gasteiger partial charge >= 0.3 is 6.09 Å². The number of H-pyrrole nitrogens is 1. The highest BCUT2D eigenvalue weighted by Gasteiger charge is 2.23. The first-order valence-electron chi connectivity index (χ1n) is 13.1. The first kappa shape index (κ1) is 27.5. The van der Waals surface area contributed by atoms with Crippen LogP contribution in [0.25, 0.3) is 17.0 Å². The molecule has 0 aliphatic carbocycles. The van der Waals surface area contributed by atoms with Crippen LogP contribution in [-0.2, 0) is 22.5 Å². The number of amides is 2. The number of nitrogens with one attached hydrogen (secondary N) is 2. The van der Waals surface area contributed by atoms with Crippen LogP contribution in [0.4, 0.5) is 16.2 Å². The molecule has 0 fully saturated rings. The van der Waals surface area contributed by atoms with Gasteiger partial charge in [0.05, 0.1) is 11.4 Å². The number of hydrogen-bond acceptors (Lipinski definition) is 4. The molecular weight excluding hydrogens is 488 g/mol. The third-order valence-corrected chi connectivity index (χ3v) is 6.28. The quantitative estimate of drug-likeness (QED) is 0.177.